The summed E-state index contributed by atoms with van der Waals surface area (Å²) in [6.07, 6.45) is 1.77. The highest BCUT2D eigenvalue weighted by Gasteiger charge is 2.28. The molecule has 4 rings (SSSR count). The summed E-state index contributed by atoms with van der Waals surface area (Å²) in [4.78, 5) is 18.9. The zero-order chi connectivity index (χ0) is 19.8. The van der Waals surface area contributed by atoms with E-state index < -0.39 is 0 Å². The third-order valence-corrected chi connectivity index (χ3v) is 5.02. The second kappa shape index (κ2) is 7.22. The number of carbonyl (C=O) groups is 1. The maximum atomic E-state index is 13.6. The monoisotopic (exact) mass is 382 g/mol. The first kappa shape index (κ1) is 18.4. The Morgan fingerprint density at radius 1 is 1.25 bits per heavy atom. The number of hydrogen-bond acceptors (Lipinski definition) is 4. The van der Waals surface area contributed by atoms with Gasteiger partial charge in [-0.2, -0.15) is 5.10 Å². The van der Waals surface area contributed by atoms with Gasteiger partial charge in [-0.15, -0.1) is 0 Å². The molecule has 0 unspecified atom stereocenters. The van der Waals surface area contributed by atoms with Gasteiger partial charge >= 0.3 is 0 Å². The van der Waals surface area contributed by atoms with Gasteiger partial charge in [-0.25, -0.2) is 9.37 Å². The number of aryl methyl sites for hydroxylation is 3. The normalized spacial score (nSPS) is 13.2. The van der Waals surface area contributed by atoms with Gasteiger partial charge in [-0.05, 0) is 43.2 Å². The Hall–Kier alpha value is -2.96. The number of fused-ring (bicyclic) bond motifs is 1. The smallest absolute Gasteiger partial charge is 0.245 e. The number of rotatable bonds is 5. The molecule has 0 N–H and O–H groups in total. The molecule has 3 heterocycles. The summed E-state index contributed by atoms with van der Waals surface area (Å²) in [6.45, 7) is 6.72. The second-order valence-electron chi connectivity index (χ2n) is 7.25. The van der Waals surface area contributed by atoms with Crippen molar-refractivity contribution in [1.29, 1.82) is 0 Å². The van der Waals surface area contributed by atoms with Crippen molar-refractivity contribution in [3.05, 3.63) is 58.7 Å². The maximum absolute atomic E-state index is 13.6. The van der Waals surface area contributed by atoms with Crippen LogP contribution in [-0.4, -0.2) is 25.6 Å². The number of nitrogens with zero attached hydrogens (tertiary/aromatic N) is 4. The fourth-order valence-corrected chi connectivity index (χ4v) is 3.57. The topological polar surface area (TPSA) is 64.2 Å². The number of carbonyl (C=O) groups excluding carboxylic acids is 1. The SMILES string of the molecule is CCCc1cc(-c2ccc(F)c(C)c2)nn1CC(=O)N1Cc2nc(C)oc2C1. The van der Waals surface area contributed by atoms with E-state index in [1.54, 1.807) is 28.6 Å². The van der Waals surface area contributed by atoms with E-state index in [2.05, 4.69) is 17.0 Å². The van der Waals surface area contributed by atoms with E-state index in [4.69, 9.17) is 4.42 Å². The van der Waals surface area contributed by atoms with Crippen LogP contribution in [0.15, 0.2) is 28.7 Å². The summed E-state index contributed by atoms with van der Waals surface area (Å²) in [7, 11) is 0. The van der Waals surface area contributed by atoms with Gasteiger partial charge in [0, 0.05) is 18.2 Å². The molecular formula is C21H23FN4O2. The Labute approximate surface area is 163 Å². The third-order valence-electron chi connectivity index (χ3n) is 5.02. The largest absolute Gasteiger partial charge is 0.444 e. The maximum Gasteiger partial charge on any atom is 0.245 e. The molecule has 0 bridgehead atoms. The number of oxazole rings is 1. The van der Waals surface area contributed by atoms with Crippen molar-refractivity contribution in [3.63, 3.8) is 0 Å². The molecule has 0 aliphatic carbocycles. The predicted octanol–water partition coefficient (Wildman–Crippen LogP) is 3.79. The molecule has 2 aromatic heterocycles. The molecule has 28 heavy (non-hydrogen) atoms. The van der Waals surface area contributed by atoms with Crippen molar-refractivity contribution < 1.29 is 13.6 Å². The van der Waals surface area contributed by atoms with Crippen LogP contribution in [0, 0.1) is 19.7 Å². The minimum atomic E-state index is -0.234. The molecule has 1 aromatic carbocycles. The van der Waals surface area contributed by atoms with E-state index in [0.29, 0.717) is 24.5 Å². The van der Waals surface area contributed by atoms with Crippen LogP contribution in [0.25, 0.3) is 11.3 Å². The molecule has 0 atom stereocenters. The van der Waals surface area contributed by atoms with Crippen LogP contribution >= 0.6 is 0 Å². The zero-order valence-corrected chi connectivity index (χ0v) is 16.3. The van der Waals surface area contributed by atoms with E-state index in [0.717, 1.165) is 41.2 Å². The quantitative estimate of drug-likeness (QED) is 0.673. The van der Waals surface area contributed by atoms with E-state index in [-0.39, 0.29) is 18.3 Å². The summed E-state index contributed by atoms with van der Waals surface area (Å²) < 4.78 is 20.9. The number of amides is 1. The highest BCUT2D eigenvalue weighted by molar-refractivity contribution is 5.76. The van der Waals surface area contributed by atoms with Gasteiger partial charge in [-0.1, -0.05) is 13.3 Å². The average Bonchev–Trinajstić information content (AvgIpc) is 3.31. The molecule has 6 nitrogen and oxygen atoms in total. The van der Waals surface area contributed by atoms with Crippen molar-refractivity contribution in [3.8, 4) is 11.3 Å². The number of halogens is 1. The van der Waals surface area contributed by atoms with Crippen molar-refractivity contribution in [2.45, 2.75) is 53.2 Å². The Kier molecular flexibility index (Phi) is 4.75. The Morgan fingerprint density at radius 3 is 2.79 bits per heavy atom. The lowest BCUT2D eigenvalue weighted by Crippen LogP contribution is -2.30. The van der Waals surface area contributed by atoms with Crippen LogP contribution in [0.5, 0.6) is 0 Å². The molecule has 1 aliphatic rings. The summed E-state index contributed by atoms with van der Waals surface area (Å²) in [6, 6.07) is 6.95. The molecule has 7 heteroatoms. The molecule has 1 amide bonds. The van der Waals surface area contributed by atoms with Crippen LogP contribution in [0.3, 0.4) is 0 Å². The Balaban J connectivity index is 1.55. The minimum absolute atomic E-state index is 0.0202. The molecule has 0 saturated carbocycles. The third kappa shape index (κ3) is 3.44. The summed E-state index contributed by atoms with van der Waals surface area (Å²) in [5.41, 5.74) is 4.02. The Bertz CT molecular complexity index is 1010. The first-order chi connectivity index (χ1) is 13.4. The number of benzene rings is 1. The van der Waals surface area contributed by atoms with Gasteiger partial charge < -0.3 is 9.32 Å². The summed E-state index contributed by atoms with van der Waals surface area (Å²) >= 11 is 0. The lowest BCUT2D eigenvalue weighted by molar-refractivity contribution is -0.132. The van der Waals surface area contributed by atoms with Crippen LogP contribution in [0.2, 0.25) is 0 Å². The molecule has 3 aromatic rings. The second-order valence-corrected chi connectivity index (χ2v) is 7.25. The van der Waals surface area contributed by atoms with Crippen LogP contribution < -0.4 is 0 Å². The molecular weight excluding hydrogens is 359 g/mol. The Morgan fingerprint density at radius 2 is 2.07 bits per heavy atom. The summed E-state index contributed by atoms with van der Waals surface area (Å²) in [5.74, 6) is 1.14. The van der Waals surface area contributed by atoms with E-state index >= 15 is 0 Å². The minimum Gasteiger partial charge on any atom is -0.444 e. The number of hydrogen-bond donors (Lipinski definition) is 0. The van der Waals surface area contributed by atoms with Gasteiger partial charge in [-0.3, -0.25) is 9.48 Å². The van der Waals surface area contributed by atoms with Gasteiger partial charge in [0.05, 0.1) is 18.8 Å². The molecule has 0 radical (unpaired) electrons. The van der Waals surface area contributed by atoms with Crippen LogP contribution in [0.4, 0.5) is 4.39 Å². The van der Waals surface area contributed by atoms with Crippen molar-refractivity contribution in [2.75, 3.05) is 0 Å². The van der Waals surface area contributed by atoms with Crippen LogP contribution in [-0.2, 0) is 30.8 Å². The fourth-order valence-electron chi connectivity index (χ4n) is 3.57. The molecule has 0 saturated heterocycles. The molecule has 146 valence electrons. The van der Waals surface area contributed by atoms with Crippen molar-refractivity contribution in [2.24, 2.45) is 0 Å². The molecule has 0 spiro atoms. The lowest BCUT2D eigenvalue weighted by atomic mass is 10.1. The van der Waals surface area contributed by atoms with Gasteiger partial charge in [0.1, 0.15) is 23.8 Å². The van der Waals surface area contributed by atoms with Crippen molar-refractivity contribution in [1.82, 2.24) is 19.7 Å². The van der Waals surface area contributed by atoms with Crippen LogP contribution in [0.1, 0.15) is 41.9 Å². The first-order valence-corrected chi connectivity index (χ1v) is 9.50. The average molecular weight is 382 g/mol. The van der Waals surface area contributed by atoms with Gasteiger partial charge in [0.15, 0.2) is 5.89 Å². The highest BCUT2D eigenvalue weighted by atomic mass is 19.1. The molecule has 1 aliphatic heterocycles. The standard InChI is InChI=1S/C21H23FN4O2/c1-4-5-16-9-18(15-6-7-17(22)13(2)8-15)24-26(16)12-21(27)25-10-19-20(11-25)28-14(3)23-19/h6-9H,4-5,10-12H2,1-3H3. The van der Waals surface area contributed by atoms with E-state index in [1.807, 2.05) is 13.0 Å². The zero-order valence-electron chi connectivity index (χ0n) is 16.3. The fraction of sp³-hybridized carbons (Fsp3) is 0.381. The lowest BCUT2D eigenvalue weighted by Gasteiger charge is -2.16. The predicted molar refractivity (Wildman–Crippen MR) is 102 cm³/mol. The molecule has 0 fully saturated rings. The van der Waals surface area contributed by atoms with Gasteiger partial charge in [0.2, 0.25) is 5.91 Å². The van der Waals surface area contributed by atoms with E-state index in [9.17, 15) is 9.18 Å². The van der Waals surface area contributed by atoms with Crippen molar-refractivity contribution >= 4 is 5.91 Å². The summed E-state index contributed by atoms with van der Waals surface area (Å²) in [5, 5.41) is 4.64. The number of aromatic nitrogens is 3. The highest BCUT2D eigenvalue weighted by Crippen LogP contribution is 2.25. The van der Waals surface area contributed by atoms with E-state index in [1.165, 1.54) is 6.07 Å². The first-order valence-electron chi connectivity index (χ1n) is 9.50. The van der Waals surface area contributed by atoms with Gasteiger partial charge in [0.25, 0.3) is 0 Å².